The highest BCUT2D eigenvalue weighted by Gasteiger charge is 2.32. The molecular formula is C34H27F6N3O3. The van der Waals surface area contributed by atoms with E-state index in [0.717, 1.165) is 24.3 Å². The van der Waals surface area contributed by atoms with Crippen LogP contribution >= 0.6 is 0 Å². The predicted molar refractivity (Wildman–Crippen MR) is 161 cm³/mol. The Morgan fingerprint density at radius 1 is 0.804 bits per heavy atom. The molecule has 0 saturated carbocycles. The molecule has 0 fully saturated rings. The average Bonchev–Trinajstić information content (AvgIpc) is 3.32. The molecular weight excluding hydrogens is 612 g/mol. The van der Waals surface area contributed by atoms with E-state index in [4.69, 9.17) is 4.74 Å². The normalized spacial score (nSPS) is 12.5. The van der Waals surface area contributed by atoms with Gasteiger partial charge >= 0.3 is 18.3 Å². The van der Waals surface area contributed by atoms with Crippen LogP contribution in [0.1, 0.15) is 56.1 Å². The molecule has 1 amide bonds. The minimum atomic E-state index is -4.62. The smallest absolute Gasteiger partial charge is 0.416 e. The molecule has 0 spiro atoms. The number of aromatic nitrogens is 1. The number of para-hydroxylation sites is 1. The lowest BCUT2D eigenvalue weighted by Gasteiger charge is -2.18. The molecule has 6 nitrogen and oxygen atoms in total. The number of carbonyl (C=O) groups excluding carboxylic acids is 2. The van der Waals surface area contributed by atoms with Crippen LogP contribution in [0.25, 0.3) is 10.9 Å². The van der Waals surface area contributed by atoms with E-state index < -0.39 is 41.4 Å². The molecule has 238 valence electrons. The number of methoxy groups -OCH3 is 1. The first-order chi connectivity index (χ1) is 21.8. The van der Waals surface area contributed by atoms with E-state index in [1.165, 1.54) is 48.1 Å². The molecule has 2 N–H and O–H groups in total. The summed E-state index contributed by atoms with van der Waals surface area (Å²) < 4.78 is 87.4. The molecule has 0 radical (unpaired) electrons. The number of nitrogens with one attached hydrogen (secondary N) is 2. The number of alkyl halides is 6. The molecule has 46 heavy (non-hydrogen) atoms. The third-order valence-corrected chi connectivity index (χ3v) is 7.42. The van der Waals surface area contributed by atoms with Crippen molar-refractivity contribution in [1.82, 2.24) is 9.88 Å². The van der Waals surface area contributed by atoms with Crippen molar-refractivity contribution in [3.05, 3.63) is 131 Å². The van der Waals surface area contributed by atoms with Crippen molar-refractivity contribution in [3.8, 4) is 0 Å². The molecule has 5 rings (SSSR count). The molecule has 1 atom stereocenters. The number of nitrogens with zero attached hydrogens (tertiary/aromatic N) is 1. The van der Waals surface area contributed by atoms with Crippen molar-refractivity contribution in [2.24, 2.45) is 0 Å². The minimum Gasteiger partial charge on any atom is -0.465 e. The Balaban J connectivity index is 1.61. The third kappa shape index (κ3) is 6.85. The Bertz CT molecular complexity index is 1800. The van der Waals surface area contributed by atoms with Gasteiger partial charge in [0.25, 0.3) is 5.91 Å². The van der Waals surface area contributed by atoms with Crippen LogP contribution in [-0.2, 0) is 23.6 Å². The number of amides is 1. The first kappa shape index (κ1) is 32.1. The van der Waals surface area contributed by atoms with Gasteiger partial charge < -0.3 is 19.9 Å². The van der Waals surface area contributed by atoms with Gasteiger partial charge in [-0.25, -0.2) is 4.79 Å². The number of halogens is 6. The van der Waals surface area contributed by atoms with E-state index >= 15 is 0 Å². The van der Waals surface area contributed by atoms with Crippen LogP contribution in [0.2, 0.25) is 0 Å². The summed E-state index contributed by atoms with van der Waals surface area (Å²) in [5.74, 6) is -1.17. The maximum atomic E-state index is 14.1. The molecule has 0 bridgehead atoms. The molecule has 1 unspecified atom stereocenters. The lowest BCUT2D eigenvalue weighted by atomic mass is 10.1. The fourth-order valence-electron chi connectivity index (χ4n) is 5.15. The van der Waals surface area contributed by atoms with Gasteiger partial charge in [-0.1, -0.05) is 48.5 Å². The second kappa shape index (κ2) is 12.6. The van der Waals surface area contributed by atoms with Gasteiger partial charge in [0.2, 0.25) is 0 Å². The van der Waals surface area contributed by atoms with Gasteiger partial charge in [0.1, 0.15) is 5.69 Å². The SMILES string of the molecule is COC(=O)c1ccc(C(C)NC(=O)c2c(Nc3cccc(C(F)(F)F)c3)c3ccccc3n2Cc2cccc(C(F)(F)F)c2)cc1. The van der Waals surface area contributed by atoms with Crippen LogP contribution in [0.15, 0.2) is 97.1 Å². The number of benzene rings is 4. The second-order valence-electron chi connectivity index (χ2n) is 10.5. The number of fused-ring (bicyclic) bond motifs is 1. The third-order valence-electron chi connectivity index (χ3n) is 7.42. The van der Waals surface area contributed by atoms with E-state index in [2.05, 4.69) is 10.6 Å². The molecule has 0 aliphatic carbocycles. The van der Waals surface area contributed by atoms with Crippen LogP contribution in [0.5, 0.6) is 0 Å². The van der Waals surface area contributed by atoms with E-state index in [1.54, 1.807) is 43.3 Å². The van der Waals surface area contributed by atoms with Gasteiger partial charge in [-0.3, -0.25) is 4.79 Å². The maximum absolute atomic E-state index is 14.1. The van der Waals surface area contributed by atoms with Gasteiger partial charge in [-0.2, -0.15) is 26.3 Å². The zero-order valence-electron chi connectivity index (χ0n) is 24.5. The summed E-state index contributed by atoms with van der Waals surface area (Å²) in [4.78, 5) is 25.9. The van der Waals surface area contributed by atoms with E-state index in [-0.39, 0.29) is 29.2 Å². The summed E-state index contributed by atoms with van der Waals surface area (Å²) in [6.07, 6.45) is -9.21. The van der Waals surface area contributed by atoms with Crippen molar-refractivity contribution in [2.45, 2.75) is 31.9 Å². The monoisotopic (exact) mass is 639 g/mol. The fraction of sp³-hybridized carbons (Fsp3) is 0.176. The molecule has 0 saturated heterocycles. The Morgan fingerprint density at radius 3 is 2.09 bits per heavy atom. The molecule has 0 aliphatic rings. The topological polar surface area (TPSA) is 72.4 Å². The fourth-order valence-corrected chi connectivity index (χ4v) is 5.15. The van der Waals surface area contributed by atoms with Crippen LogP contribution in [0, 0.1) is 0 Å². The number of ether oxygens (including phenoxy) is 1. The summed E-state index contributed by atoms with van der Waals surface area (Å²) in [7, 11) is 1.25. The van der Waals surface area contributed by atoms with Crippen molar-refractivity contribution in [3.63, 3.8) is 0 Å². The largest absolute Gasteiger partial charge is 0.465 e. The summed E-state index contributed by atoms with van der Waals surface area (Å²) in [6, 6.07) is 21.6. The highest BCUT2D eigenvalue weighted by Crippen LogP contribution is 2.37. The van der Waals surface area contributed by atoms with E-state index in [0.29, 0.717) is 22.0 Å². The average molecular weight is 640 g/mol. The quantitative estimate of drug-likeness (QED) is 0.132. The highest BCUT2D eigenvalue weighted by atomic mass is 19.4. The molecule has 12 heteroatoms. The number of esters is 1. The standard InChI is InChI=1S/C34H27F6N3O3/c1-20(22-13-15-23(16-14-22)32(45)46-2)41-31(44)30-29(42-26-10-6-9-25(18-26)34(38,39)40)27-11-3-4-12-28(27)43(30)19-21-7-5-8-24(17-21)33(35,36)37/h3-18,20,42H,19H2,1-2H3,(H,41,44). The first-order valence-electron chi connectivity index (χ1n) is 14.0. The van der Waals surface area contributed by atoms with Crippen LogP contribution in [0.4, 0.5) is 37.7 Å². The number of hydrogen-bond donors (Lipinski definition) is 2. The van der Waals surface area contributed by atoms with Crippen LogP contribution < -0.4 is 10.6 Å². The Labute approximate surface area is 259 Å². The Morgan fingerprint density at radius 2 is 1.43 bits per heavy atom. The van der Waals surface area contributed by atoms with Crippen LogP contribution in [-0.4, -0.2) is 23.6 Å². The van der Waals surface area contributed by atoms with Crippen LogP contribution in [0.3, 0.4) is 0 Å². The maximum Gasteiger partial charge on any atom is 0.416 e. The Hall–Kier alpha value is -5.26. The first-order valence-corrected chi connectivity index (χ1v) is 14.0. The number of carbonyl (C=O) groups is 2. The molecule has 4 aromatic carbocycles. The lowest BCUT2D eigenvalue weighted by molar-refractivity contribution is -0.138. The van der Waals surface area contributed by atoms with Gasteiger partial charge in [-0.15, -0.1) is 0 Å². The molecule has 5 aromatic rings. The molecule has 1 heterocycles. The number of hydrogen-bond acceptors (Lipinski definition) is 4. The number of anilines is 2. The lowest BCUT2D eigenvalue weighted by Crippen LogP contribution is -2.29. The van der Waals surface area contributed by atoms with Gasteiger partial charge in [0, 0.05) is 17.6 Å². The summed E-state index contributed by atoms with van der Waals surface area (Å²) in [5.41, 5.74) is 0.113. The molecule has 1 aromatic heterocycles. The molecule has 0 aliphatic heterocycles. The van der Waals surface area contributed by atoms with Gasteiger partial charge in [0.15, 0.2) is 0 Å². The summed E-state index contributed by atoms with van der Waals surface area (Å²) in [6.45, 7) is 1.55. The van der Waals surface area contributed by atoms with Crippen molar-refractivity contribution >= 4 is 34.2 Å². The second-order valence-corrected chi connectivity index (χ2v) is 10.5. The number of rotatable bonds is 8. The summed E-state index contributed by atoms with van der Waals surface area (Å²) in [5, 5.41) is 6.33. The summed E-state index contributed by atoms with van der Waals surface area (Å²) >= 11 is 0. The highest BCUT2D eigenvalue weighted by molar-refractivity contribution is 6.10. The van der Waals surface area contributed by atoms with E-state index in [1.807, 2.05) is 0 Å². The van der Waals surface area contributed by atoms with Gasteiger partial charge in [-0.05, 0) is 66.6 Å². The van der Waals surface area contributed by atoms with Crippen molar-refractivity contribution in [1.29, 1.82) is 0 Å². The van der Waals surface area contributed by atoms with Gasteiger partial charge in [0.05, 0.1) is 41.0 Å². The van der Waals surface area contributed by atoms with E-state index in [9.17, 15) is 35.9 Å². The Kier molecular flexibility index (Phi) is 8.82. The van der Waals surface area contributed by atoms with Crippen molar-refractivity contribution in [2.75, 3.05) is 12.4 Å². The minimum absolute atomic E-state index is 0.00551. The zero-order chi connectivity index (χ0) is 33.2. The van der Waals surface area contributed by atoms with Crippen molar-refractivity contribution < 1.29 is 40.7 Å². The predicted octanol–water partition coefficient (Wildman–Crippen LogP) is 8.75. The zero-order valence-corrected chi connectivity index (χ0v) is 24.5.